The Morgan fingerprint density at radius 1 is 0.824 bits per heavy atom. The number of hydrogen-bond acceptors (Lipinski definition) is 3. The zero-order valence-corrected chi connectivity index (χ0v) is 24.3. The molecule has 0 radical (unpaired) electrons. The summed E-state index contributed by atoms with van der Waals surface area (Å²) in [5.74, 6) is 0. The molecule has 3 fully saturated rings. The van der Waals surface area contributed by atoms with E-state index in [4.69, 9.17) is 0 Å². The van der Waals surface area contributed by atoms with Gasteiger partial charge in [-0.1, -0.05) is 83.4 Å². The van der Waals surface area contributed by atoms with Crippen LogP contribution in [0.25, 0.3) is 0 Å². The summed E-state index contributed by atoms with van der Waals surface area (Å²) >= 11 is 2.92. The molecule has 6 heteroatoms. The summed E-state index contributed by atoms with van der Waals surface area (Å²) in [6.07, 6.45) is 25.4. The quantitative estimate of drug-likeness (QED) is 0.148. The summed E-state index contributed by atoms with van der Waals surface area (Å²) in [7, 11) is -3.88. The fourth-order valence-electron chi connectivity index (χ4n) is 5.74. The van der Waals surface area contributed by atoms with Gasteiger partial charge in [-0.25, -0.2) is 8.42 Å². The summed E-state index contributed by atoms with van der Waals surface area (Å²) in [5.41, 5.74) is 4.50. The van der Waals surface area contributed by atoms with Crippen LogP contribution in [0.3, 0.4) is 0 Å². The molecule has 0 atom stereocenters. The predicted octanol–water partition coefficient (Wildman–Crippen LogP) is 8.50. The Morgan fingerprint density at radius 3 is 1.41 bits per heavy atom. The van der Waals surface area contributed by atoms with E-state index in [0.717, 1.165) is 10.5 Å². The molecule has 3 nitrogen and oxygen atoms in total. The molecule has 3 aliphatic carbocycles. The molecule has 196 valence electrons. The van der Waals surface area contributed by atoms with Gasteiger partial charge in [0.15, 0.2) is 0 Å². The third-order valence-corrected chi connectivity index (χ3v) is 12.8. The van der Waals surface area contributed by atoms with Gasteiger partial charge in [-0.3, -0.25) is 0 Å². The summed E-state index contributed by atoms with van der Waals surface area (Å²) in [4.78, 5) is 0.756. The summed E-state index contributed by atoms with van der Waals surface area (Å²) in [5, 5.41) is 0. The van der Waals surface area contributed by atoms with Gasteiger partial charge in [-0.2, -0.15) is 0 Å². The third-order valence-electron chi connectivity index (χ3n) is 7.39. The van der Waals surface area contributed by atoms with Crippen LogP contribution in [-0.2, 0) is 29.3 Å². The van der Waals surface area contributed by atoms with Gasteiger partial charge in [0.1, 0.15) is 10.1 Å². The first kappa shape index (κ1) is 30.2. The van der Waals surface area contributed by atoms with Crippen molar-refractivity contribution in [3.8, 4) is 0 Å². The standard InChI is InChI=1S/C18H33P.C7H8O3S.C3H5.Pd/c1-4-10-16(11-5-1)19(17-12-6-2-7-13-17)18-14-8-3-9-15-18;1-6-2-4-7(5-3-6)11(8,9)10;1-3-2;/h16-18H,1-15H2;2-5H,1H3,(H,8,9,10);3H,1-2H2;/q;;;+1/p-1. The van der Waals surface area contributed by atoms with Gasteiger partial charge in [0.05, 0.1) is 4.90 Å². The average Bonchev–Trinajstić information content (AvgIpc) is 2.86. The Bertz CT molecular complexity index is 736. The van der Waals surface area contributed by atoms with Crippen molar-refractivity contribution in [1.29, 1.82) is 0 Å². The first-order valence-electron chi connectivity index (χ1n) is 13.3. The van der Waals surface area contributed by atoms with Gasteiger partial charge < -0.3 is 4.55 Å². The maximum absolute atomic E-state index is 10.4. The minimum Gasteiger partial charge on any atom is -0.744 e. The molecule has 0 amide bonds. The Labute approximate surface area is 221 Å². The Balaban J connectivity index is 0.000000231. The second-order valence-corrected chi connectivity index (χ2v) is 15.1. The molecule has 0 aromatic heterocycles. The fraction of sp³-hybridized carbons (Fsp3) is 0.714. The largest absolute Gasteiger partial charge is 0.744 e. The zero-order chi connectivity index (χ0) is 24.8. The number of allylic oxidation sites excluding steroid dienone is 1. The Hall–Kier alpha value is -0.0377. The molecule has 1 aromatic carbocycles. The molecule has 0 aliphatic heterocycles. The van der Waals surface area contributed by atoms with Crippen molar-refractivity contribution in [1.82, 2.24) is 0 Å². The molecule has 0 spiro atoms. The summed E-state index contributed by atoms with van der Waals surface area (Å²) in [6.45, 7) is 5.26. The molecule has 34 heavy (non-hydrogen) atoms. The third kappa shape index (κ3) is 10.9. The van der Waals surface area contributed by atoms with Crippen LogP contribution < -0.4 is 0 Å². The maximum atomic E-state index is 10.4. The van der Waals surface area contributed by atoms with Gasteiger partial charge in [0, 0.05) is 0 Å². The van der Waals surface area contributed by atoms with Gasteiger partial charge in [-0.15, -0.1) is 0 Å². The van der Waals surface area contributed by atoms with E-state index in [1.807, 2.05) is 13.0 Å². The molecule has 1 aromatic rings. The molecule has 3 saturated carbocycles. The van der Waals surface area contributed by atoms with Gasteiger partial charge >= 0.3 is 36.8 Å². The summed E-state index contributed by atoms with van der Waals surface area (Å²) < 4.78 is 31.2. The number of rotatable bonds is 5. The topological polar surface area (TPSA) is 57.2 Å². The first-order chi connectivity index (χ1) is 16.4. The first-order valence-corrected chi connectivity index (χ1v) is 17.3. The van der Waals surface area contributed by atoms with Crippen molar-refractivity contribution >= 4 is 18.0 Å². The normalized spacial score (nSPS) is 20.6. The van der Waals surface area contributed by atoms with E-state index >= 15 is 0 Å². The van der Waals surface area contributed by atoms with Crippen molar-refractivity contribution in [3.05, 3.63) is 42.5 Å². The molecule has 0 heterocycles. The molecule has 0 saturated heterocycles. The van der Waals surface area contributed by atoms with E-state index < -0.39 is 10.1 Å². The van der Waals surface area contributed by atoms with Crippen LogP contribution in [0.15, 0.2) is 41.8 Å². The van der Waals surface area contributed by atoms with Crippen LogP contribution in [-0.4, -0.2) is 29.9 Å². The van der Waals surface area contributed by atoms with Gasteiger partial charge in [0.25, 0.3) is 0 Å². The second-order valence-electron chi connectivity index (χ2n) is 10.0. The number of hydrogen-bond donors (Lipinski definition) is 0. The maximum Gasteiger partial charge on any atom is 0.124 e. The molecular weight excluding hydrogens is 554 g/mol. The van der Waals surface area contributed by atoms with Crippen LogP contribution in [0, 0.1) is 6.92 Å². The van der Waals surface area contributed by atoms with Crippen molar-refractivity contribution in [2.45, 2.75) is 130 Å². The Morgan fingerprint density at radius 2 is 1.15 bits per heavy atom. The molecule has 0 N–H and O–H groups in total. The van der Waals surface area contributed by atoms with E-state index in [2.05, 4.69) is 25.8 Å². The van der Waals surface area contributed by atoms with Crippen molar-refractivity contribution in [2.24, 2.45) is 0 Å². The molecular formula is C28H45O3PPdS. The van der Waals surface area contributed by atoms with E-state index in [-0.39, 0.29) is 4.90 Å². The predicted molar refractivity (Wildman–Crippen MR) is 142 cm³/mol. The van der Waals surface area contributed by atoms with E-state index in [1.165, 1.54) is 48.4 Å². The molecule has 4 rings (SSSR count). The van der Waals surface area contributed by atoms with Crippen LogP contribution in [0.4, 0.5) is 0 Å². The minimum atomic E-state index is -4.27. The molecule has 0 unspecified atom stereocenters. The second kappa shape index (κ2) is 16.7. The van der Waals surface area contributed by atoms with Crippen LogP contribution in [0.5, 0.6) is 0 Å². The number of benzene rings is 1. The monoisotopic (exact) mass is 598 g/mol. The fourth-order valence-corrected chi connectivity index (χ4v) is 10.9. The average molecular weight is 599 g/mol. The van der Waals surface area contributed by atoms with Crippen LogP contribution >= 0.6 is 7.92 Å². The van der Waals surface area contributed by atoms with E-state index in [0.29, 0.717) is 7.92 Å². The van der Waals surface area contributed by atoms with E-state index in [9.17, 15) is 13.0 Å². The number of aryl methyl sites for hydroxylation is 1. The van der Waals surface area contributed by atoms with Crippen molar-refractivity contribution < 1.29 is 32.2 Å². The summed E-state index contributed by atoms with van der Waals surface area (Å²) in [6, 6.07) is 5.78. The molecule has 3 aliphatic rings. The van der Waals surface area contributed by atoms with Gasteiger partial charge in [-0.05, 0) is 74.6 Å². The zero-order valence-electron chi connectivity index (χ0n) is 21.0. The SMILES string of the molecule is C1CCC(P(C2CCCCC2)C2CCCCC2)CC1.C=C[CH2][Pd+].Cc1ccc(S(=O)(=O)[O-])cc1. The van der Waals surface area contributed by atoms with Crippen LogP contribution in [0.1, 0.15) is 102 Å². The Kier molecular flexibility index (Phi) is 14.8. The van der Waals surface area contributed by atoms with Crippen molar-refractivity contribution in [2.75, 3.05) is 0 Å². The molecule has 0 bridgehead atoms. The smallest absolute Gasteiger partial charge is 0.124 e. The van der Waals surface area contributed by atoms with Crippen molar-refractivity contribution in [3.63, 3.8) is 0 Å². The van der Waals surface area contributed by atoms with Crippen LogP contribution in [0.2, 0.25) is 4.89 Å². The van der Waals surface area contributed by atoms with E-state index in [1.54, 1.807) is 89.2 Å². The van der Waals surface area contributed by atoms with Gasteiger partial charge in [0.2, 0.25) is 0 Å². The minimum absolute atomic E-state index is 0.178.